The summed E-state index contributed by atoms with van der Waals surface area (Å²) in [4.78, 5) is 12.0. The lowest BCUT2D eigenvalue weighted by Gasteiger charge is -2.09. The normalized spacial score (nSPS) is 10.2. The molecule has 2 rings (SSSR count). The average Bonchev–Trinajstić information content (AvgIpc) is 2.46. The highest BCUT2D eigenvalue weighted by Gasteiger charge is 2.12. The van der Waals surface area contributed by atoms with E-state index in [0.29, 0.717) is 11.5 Å². The van der Waals surface area contributed by atoms with Gasteiger partial charge in [-0.3, -0.25) is 10.1 Å². The van der Waals surface area contributed by atoms with Crippen LogP contribution in [0, 0.1) is 10.1 Å². The van der Waals surface area contributed by atoms with E-state index < -0.39 is 4.92 Å². The van der Waals surface area contributed by atoms with Crippen LogP contribution in [-0.4, -0.2) is 19.1 Å². The third-order valence-electron chi connectivity index (χ3n) is 2.79. The molecule has 0 saturated heterocycles. The molecular weight excluding hydrogens is 292 g/mol. The summed E-state index contributed by atoms with van der Waals surface area (Å²) in [7, 11) is 3.14. The Morgan fingerprint density at radius 2 is 1.67 bits per heavy atom. The van der Waals surface area contributed by atoms with Crippen LogP contribution in [0.15, 0.2) is 46.2 Å². The van der Waals surface area contributed by atoms with E-state index in [9.17, 15) is 10.1 Å². The summed E-state index contributed by atoms with van der Waals surface area (Å²) in [5, 5.41) is 10.7. The maximum atomic E-state index is 10.7. The fourth-order valence-corrected chi connectivity index (χ4v) is 2.67. The van der Waals surface area contributed by atoms with E-state index in [1.54, 1.807) is 32.4 Å². The molecule has 0 aromatic heterocycles. The second-order valence-corrected chi connectivity index (χ2v) is 5.24. The Hall–Kier alpha value is -2.41. The van der Waals surface area contributed by atoms with Crippen molar-refractivity contribution in [3.8, 4) is 11.5 Å². The molecule has 6 nitrogen and oxygen atoms in total. The van der Waals surface area contributed by atoms with Crippen molar-refractivity contribution in [2.45, 2.75) is 9.79 Å². The zero-order valence-electron chi connectivity index (χ0n) is 11.5. The Morgan fingerprint density at radius 3 is 2.24 bits per heavy atom. The highest BCUT2D eigenvalue weighted by molar-refractivity contribution is 7.99. The standard InChI is InChI=1S/C14H14N2O4S/c1-19-13-6-4-10(8-14(13)20-2)21-9-3-5-12(16(17)18)11(15)7-9/h3-8H,15H2,1-2H3. The van der Waals surface area contributed by atoms with Gasteiger partial charge >= 0.3 is 0 Å². The van der Waals surface area contributed by atoms with Gasteiger partial charge in [-0.15, -0.1) is 0 Å². The summed E-state index contributed by atoms with van der Waals surface area (Å²) >= 11 is 1.43. The van der Waals surface area contributed by atoms with Crippen LogP contribution in [0.5, 0.6) is 11.5 Å². The maximum Gasteiger partial charge on any atom is 0.292 e. The highest BCUT2D eigenvalue weighted by Crippen LogP contribution is 2.36. The van der Waals surface area contributed by atoms with E-state index in [1.165, 1.54) is 17.8 Å². The van der Waals surface area contributed by atoms with Crippen LogP contribution in [0.25, 0.3) is 0 Å². The number of benzene rings is 2. The maximum absolute atomic E-state index is 10.7. The van der Waals surface area contributed by atoms with Gasteiger partial charge < -0.3 is 15.2 Å². The molecule has 0 aliphatic rings. The third-order valence-corrected chi connectivity index (χ3v) is 3.77. The molecule has 2 aromatic carbocycles. The lowest BCUT2D eigenvalue weighted by Crippen LogP contribution is -1.95. The monoisotopic (exact) mass is 306 g/mol. The third kappa shape index (κ3) is 3.38. The smallest absolute Gasteiger partial charge is 0.292 e. The molecule has 7 heteroatoms. The van der Waals surface area contributed by atoms with Crippen molar-refractivity contribution in [3.63, 3.8) is 0 Å². The second kappa shape index (κ2) is 6.36. The van der Waals surface area contributed by atoms with Gasteiger partial charge in [0.2, 0.25) is 0 Å². The molecule has 110 valence electrons. The van der Waals surface area contributed by atoms with Crippen molar-refractivity contribution in [2.75, 3.05) is 20.0 Å². The Morgan fingerprint density at radius 1 is 1.05 bits per heavy atom. The van der Waals surface area contributed by atoms with Crippen molar-refractivity contribution in [3.05, 3.63) is 46.5 Å². The molecule has 0 fully saturated rings. The fourth-order valence-electron chi connectivity index (χ4n) is 1.78. The lowest BCUT2D eigenvalue weighted by atomic mass is 10.3. The number of nitro benzene ring substituents is 1. The number of ether oxygens (including phenoxy) is 2. The Balaban J connectivity index is 2.26. The van der Waals surface area contributed by atoms with Crippen LogP contribution in [0.4, 0.5) is 11.4 Å². The minimum Gasteiger partial charge on any atom is -0.493 e. The van der Waals surface area contributed by atoms with Crippen LogP contribution < -0.4 is 15.2 Å². The fraction of sp³-hybridized carbons (Fsp3) is 0.143. The molecule has 0 amide bonds. The van der Waals surface area contributed by atoms with Crippen LogP contribution in [-0.2, 0) is 0 Å². The number of hydrogen-bond donors (Lipinski definition) is 1. The Labute approximate surface area is 126 Å². The quantitative estimate of drug-likeness (QED) is 0.518. The van der Waals surface area contributed by atoms with Crippen LogP contribution >= 0.6 is 11.8 Å². The summed E-state index contributed by atoms with van der Waals surface area (Å²) in [5.74, 6) is 1.27. The number of nitrogens with zero attached hydrogens (tertiary/aromatic N) is 1. The summed E-state index contributed by atoms with van der Waals surface area (Å²) in [6.45, 7) is 0. The first-order valence-electron chi connectivity index (χ1n) is 5.99. The first-order chi connectivity index (χ1) is 10.0. The van der Waals surface area contributed by atoms with E-state index >= 15 is 0 Å². The molecule has 0 aliphatic carbocycles. The summed E-state index contributed by atoms with van der Waals surface area (Å²) < 4.78 is 10.4. The number of hydrogen-bond acceptors (Lipinski definition) is 6. The van der Waals surface area contributed by atoms with Gasteiger partial charge in [0.25, 0.3) is 5.69 Å². The van der Waals surface area contributed by atoms with Gasteiger partial charge in [0.15, 0.2) is 11.5 Å². The molecule has 2 N–H and O–H groups in total. The zero-order chi connectivity index (χ0) is 15.4. The molecule has 0 unspecified atom stereocenters. The molecule has 0 aliphatic heterocycles. The van der Waals surface area contributed by atoms with Gasteiger partial charge in [0.05, 0.1) is 19.1 Å². The lowest BCUT2D eigenvalue weighted by molar-refractivity contribution is -0.383. The van der Waals surface area contributed by atoms with Gasteiger partial charge in [-0.25, -0.2) is 0 Å². The Bertz CT molecular complexity index is 676. The minimum absolute atomic E-state index is 0.0911. The van der Waals surface area contributed by atoms with Crippen molar-refractivity contribution in [2.24, 2.45) is 0 Å². The SMILES string of the molecule is COc1ccc(Sc2ccc([N+](=O)[O-])c(N)c2)cc1OC. The van der Waals surface area contributed by atoms with Gasteiger partial charge in [0, 0.05) is 15.9 Å². The topological polar surface area (TPSA) is 87.6 Å². The van der Waals surface area contributed by atoms with Gasteiger partial charge in [0.1, 0.15) is 5.69 Å². The summed E-state index contributed by atoms with van der Waals surface area (Å²) in [6, 6.07) is 10.2. The van der Waals surface area contributed by atoms with Crippen LogP contribution in [0.2, 0.25) is 0 Å². The number of nitrogens with two attached hydrogens (primary N) is 1. The van der Waals surface area contributed by atoms with Crippen molar-refractivity contribution >= 4 is 23.1 Å². The van der Waals surface area contributed by atoms with Crippen LogP contribution in [0.3, 0.4) is 0 Å². The van der Waals surface area contributed by atoms with Crippen molar-refractivity contribution in [1.29, 1.82) is 0 Å². The molecule has 2 aromatic rings. The number of rotatable bonds is 5. The van der Waals surface area contributed by atoms with Crippen molar-refractivity contribution in [1.82, 2.24) is 0 Å². The molecule has 0 spiro atoms. The average molecular weight is 306 g/mol. The molecular formula is C14H14N2O4S. The van der Waals surface area contributed by atoms with Crippen molar-refractivity contribution < 1.29 is 14.4 Å². The molecule has 0 radical (unpaired) electrons. The Kier molecular flexibility index (Phi) is 4.54. The van der Waals surface area contributed by atoms with Crippen LogP contribution in [0.1, 0.15) is 0 Å². The van der Waals surface area contributed by atoms with Gasteiger partial charge in [-0.1, -0.05) is 11.8 Å². The molecule has 21 heavy (non-hydrogen) atoms. The predicted octanol–water partition coefficient (Wildman–Crippen LogP) is 3.35. The summed E-state index contributed by atoms with van der Waals surface area (Å²) in [6.07, 6.45) is 0. The van der Waals surface area contributed by atoms with Gasteiger partial charge in [-0.05, 0) is 30.3 Å². The summed E-state index contributed by atoms with van der Waals surface area (Å²) in [5.41, 5.74) is 5.73. The van der Waals surface area contributed by atoms with E-state index in [0.717, 1.165) is 9.79 Å². The number of nitro groups is 1. The first kappa shape index (κ1) is 15.0. The second-order valence-electron chi connectivity index (χ2n) is 4.10. The van der Waals surface area contributed by atoms with E-state index in [1.807, 2.05) is 12.1 Å². The first-order valence-corrected chi connectivity index (χ1v) is 6.80. The molecule has 0 bridgehead atoms. The number of anilines is 1. The molecule has 0 atom stereocenters. The molecule has 0 heterocycles. The minimum atomic E-state index is -0.500. The molecule has 0 saturated carbocycles. The number of nitrogen functional groups attached to an aromatic ring is 1. The largest absolute Gasteiger partial charge is 0.493 e. The van der Waals surface area contributed by atoms with E-state index in [-0.39, 0.29) is 11.4 Å². The van der Waals surface area contributed by atoms with E-state index in [2.05, 4.69) is 0 Å². The van der Waals surface area contributed by atoms with E-state index in [4.69, 9.17) is 15.2 Å². The highest BCUT2D eigenvalue weighted by atomic mass is 32.2. The predicted molar refractivity (Wildman–Crippen MR) is 81.2 cm³/mol. The zero-order valence-corrected chi connectivity index (χ0v) is 12.3. The number of methoxy groups -OCH3 is 2. The van der Waals surface area contributed by atoms with Gasteiger partial charge in [-0.2, -0.15) is 0 Å².